The Hall–Kier alpha value is -2.96. The van der Waals surface area contributed by atoms with Crippen molar-refractivity contribution in [1.29, 1.82) is 0 Å². The van der Waals surface area contributed by atoms with Crippen LogP contribution in [0.3, 0.4) is 0 Å². The Morgan fingerprint density at radius 3 is 2.80 bits per heavy atom. The van der Waals surface area contributed by atoms with Gasteiger partial charge in [0, 0.05) is 12.3 Å². The van der Waals surface area contributed by atoms with Crippen LogP contribution in [0.4, 0.5) is 17.1 Å². The number of aryl methyl sites for hydroxylation is 1. The molecule has 0 aliphatic carbocycles. The summed E-state index contributed by atoms with van der Waals surface area (Å²) in [7, 11) is 0. The van der Waals surface area contributed by atoms with E-state index in [-0.39, 0.29) is 22.8 Å². The van der Waals surface area contributed by atoms with E-state index in [1.54, 1.807) is 19.1 Å². The van der Waals surface area contributed by atoms with E-state index in [4.69, 9.17) is 5.73 Å². The molecule has 7 heteroatoms. The highest BCUT2D eigenvalue weighted by Crippen LogP contribution is 2.26. The summed E-state index contributed by atoms with van der Waals surface area (Å²) in [5, 5.41) is 13.4. The molecule has 0 spiro atoms. The zero-order valence-electron chi connectivity index (χ0n) is 10.7. The predicted octanol–water partition coefficient (Wildman–Crippen LogP) is 2.13. The van der Waals surface area contributed by atoms with Crippen LogP contribution in [0.25, 0.3) is 0 Å². The number of nitrogens with one attached hydrogen (secondary N) is 1. The minimum Gasteiger partial charge on any atom is -0.397 e. The van der Waals surface area contributed by atoms with Crippen molar-refractivity contribution < 1.29 is 9.72 Å². The summed E-state index contributed by atoms with van der Waals surface area (Å²) in [6.45, 7) is 1.73. The zero-order chi connectivity index (χ0) is 14.7. The van der Waals surface area contributed by atoms with Crippen molar-refractivity contribution in [3.8, 4) is 0 Å². The van der Waals surface area contributed by atoms with Gasteiger partial charge in [0.1, 0.15) is 5.69 Å². The number of benzene rings is 1. The van der Waals surface area contributed by atoms with Crippen LogP contribution in [0.15, 0.2) is 36.5 Å². The molecule has 2 rings (SSSR count). The number of carbonyl (C=O) groups excluding carboxylic acids is 1. The summed E-state index contributed by atoms with van der Waals surface area (Å²) < 4.78 is 0. The van der Waals surface area contributed by atoms with Crippen molar-refractivity contribution in [2.24, 2.45) is 0 Å². The van der Waals surface area contributed by atoms with Gasteiger partial charge in [0.15, 0.2) is 5.69 Å². The number of hydrogen-bond acceptors (Lipinski definition) is 5. The molecule has 0 aliphatic rings. The molecular weight excluding hydrogens is 260 g/mol. The predicted molar refractivity (Wildman–Crippen MR) is 74.4 cm³/mol. The number of nitrogens with two attached hydrogens (primary N) is 1. The van der Waals surface area contributed by atoms with E-state index in [9.17, 15) is 14.9 Å². The maximum Gasteiger partial charge on any atom is 0.293 e. The van der Waals surface area contributed by atoms with Gasteiger partial charge in [0.2, 0.25) is 0 Å². The smallest absolute Gasteiger partial charge is 0.293 e. The molecule has 0 fully saturated rings. The lowest BCUT2D eigenvalue weighted by molar-refractivity contribution is -0.384. The second-order valence-electron chi connectivity index (χ2n) is 4.17. The van der Waals surface area contributed by atoms with Gasteiger partial charge in [0.25, 0.3) is 11.6 Å². The largest absolute Gasteiger partial charge is 0.397 e. The molecule has 1 heterocycles. The number of nitro groups is 1. The molecule has 2 aromatic rings. The summed E-state index contributed by atoms with van der Waals surface area (Å²) in [6, 6.07) is 7.66. The summed E-state index contributed by atoms with van der Waals surface area (Å²) >= 11 is 0. The Labute approximate surface area is 114 Å². The molecular formula is C13H12N4O3. The summed E-state index contributed by atoms with van der Waals surface area (Å²) in [4.78, 5) is 26.3. The highest BCUT2D eigenvalue weighted by atomic mass is 16.6. The van der Waals surface area contributed by atoms with Crippen LogP contribution >= 0.6 is 0 Å². The minimum absolute atomic E-state index is 0.0300. The maximum atomic E-state index is 12.0. The number of amides is 1. The van der Waals surface area contributed by atoms with Gasteiger partial charge in [0.05, 0.1) is 10.6 Å². The van der Waals surface area contributed by atoms with Crippen LogP contribution in [0.2, 0.25) is 0 Å². The quantitative estimate of drug-likeness (QED) is 0.656. The van der Waals surface area contributed by atoms with E-state index in [0.717, 1.165) is 5.56 Å². The molecule has 1 aromatic carbocycles. The number of hydrogen-bond donors (Lipinski definition) is 2. The van der Waals surface area contributed by atoms with Gasteiger partial charge in [-0.3, -0.25) is 14.9 Å². The fraction of sp³-hybridized carbons (Fsp3) is 0.0769. The Morgan fingerprint density at radius 2 is 2.15 bits per heavy atom. The summed E-state index contributed by atoms with van der Waals surface area (Å²) in [5.41, 5.74) is 6.54. The van der Waals surface area contributed by atoms with Gasteiger partial charge in [-0.1, -0.05) is 6.07 Å². The number of nitro benzene ring substituents is 1. The van der Waals surface area contributed by atoms with Gasteiger partial charge in [-0.2, -0.15) is 0 Å². The van der Waals surface area contributed by atoms with Gasteiger partial charge in [-0.25, -0.2) is 4.98 Å². The van der Waals surface area contributed by atoms with Crippen LogP contribution in [-0.4, -0.2) is 15.8 Å². The SMILES string of the molecule is Cc1ccc(NC(=O)c2ncccc2N)c([N+](=O)[O-])c1. The Kier molecular flexibility index (Phi) is 3.60. The Bertz CT molecular complexity index is 685. The second kappa shape index (κ2) is 5.35. The minimum atomic E-state index is -0.588. The number of aromatic nitrogens is 1. The third-order valence-electron chi connectivity index (χ3n) is 2.65. The van der Waals surface area contributed by atoms with Crippen LogP contribution in [-0.2, 0) is 0 Å². The lowest BCUT2D eigenvalue weighted by Gasteiger charge is -2.07. The third kappa shape index (κ3) is 2.72. The van der Waals surface area contributed by atoms with Crippen molar-refractivity contribution >= 4 is 23.0 Å². The van der Waals surface area contributed by atoms with E-state index in [1.807, 2.05) is 0 Å². The molecule has 7 nitrogen and oxygen atoms in total. The first-order valence-corrected chi connectivity index (χ1v) is 5.76. The van der Waals surface area contributed by atoms with Crippen molar-refractivity contribution in [2.45, 2.75) is 6.92 Å². The molecule has 20 heavy (non-hydrogen) atoms. The lowest BCUT2D eigenvalue weighted by atomic mass is 10.2. The Morgan fingerprint density at radius 1 is 1.40 bits per heavy atom. The van der Waals surface area contributed by atoms with Crippen molar-refractivity contribution in [2.75, 3.05) is 11.1 Å². The number of nitrogens with zero attached hydrogens (tertiary/aromatic N) is 2. The van der Waals surface area contributed by atoms with Crippen LogP contribution in [0.1, 0.15) is 16.1 Å². The molecule has 0 unspecified atom stereocenters. The molecule has 3 N–H and O–H groups in total. The van der Waals surface area contributed by atoms with Crippen molar-refractivity contribution in [3.63, 3.8) is 0 Å². The van der Waals surface area contributed by atoms with E-state index < -0.39 is 10.8 Å². The van der Waals surface area contributed by atoms with Crippen molar-refractivity contribution in [1.82, 2.24) is 4.98 Å². The van der Waals surface area contributed by atoms with Gasteiger partial charge >= 0.3 is 0 Å². The van der Waals surface area contributed by atoms with Crippen LogP contribution in [0.5, 0.6) is 0 Å². The van der Waals surface area contributed by atoms with Gasteiger partial charge in [-0.05, 0) is 30.7 Å². The van der Waals surface area contributed by atoms with E-state index in [1.165, 1.54) is 24.4 Å². The van der Waals surface area contributed by atoms with Gasteiger partial charge < -0.3 is 11.1 Å². The molecule has 102 valence electrons. The highest BCUT2D eigenvalue weighted by Gasteiger charge is 2.18. The molecule has 0 saturated heterocycles. The zero-order valence-corrected chi connectivity index (χ0v) is 10.7. The van der Waals surface area contributed by atoms with Crippen LogP contribution < -0.4 is 11.1 Å². The average Bonchev–Trinajstić information content (AvgIpc) is 2.41. The van der Waals surface area contributed by atoms with Gasteiger partial charge in [-0.15, -0.1) is 0 Å². The molecule has 0 saturated carbocycles. The van der Waals surface area contributed by atoms with E-state index >= 15 is 0 Å². The number of nitrogen functional groups attached to an aromatic ring is 1. The monoisotopic (exact) mass is 272 g/mol. The van der Waals surface area contributed by atoms with E-state index in [2.05, 4.69) is 10.3 Å². The maximum absolute atomic E-state index is 12.0. The molecule has 0 atom stereocenters. The number of carbonyl (C=O) groups is 1. The third-order valence-corrected chi connectivity index (χ3v) is 2.65. The first kappa shape index (κ1) is 13.5. The summed E-state index contributed by atoms with van der Waals surface area (Å²) in [5.74, 6) is -0.588. The standard InChI is InChI=1S/C13H12N4O3/c1-8-4-5-10(11(7-8)17(19)20)16-13(18)12-9(14)3-2-6-15-12/h2-7H,14H2,1H3,(H,16,18). The van der Waals surface area contributed by atoms with Crippen molar-refractivity contribution in [3.05, 3.63) is 57.9 Å². The normalized spacial score (nSPS) is 10.1. The second-order valence-corrected chi connectivity index (χ2v) is 4.17. The average molecular weight is 272 g/mol. The number of pyridine rings is 1. The number of anilines is 2. The molecule has 0 radical (unpaired) electrons. The van der Waals surface area contributed by atoms with E-state index in [0.29, 0.717) is 0 Å². The van der Waals surface area contributed by atoms with Crippen LogP contribution in [0, 0.1) is 17.0 Å². The highest BCUT2D eigenvalue weighted by molar-refractivity contribution is 6.07. The Balaban J connectivity index is 2.33. The summed E-state index contributed by atoms with van der Waals surface area (Å²) in [6.07, 6.45) is 1.43. The molecule has 1 aromatic heterocycles. The molecule has 0 aliphatic heterocycles. The first-order chi connectivity index (χ1) is 9.49. The first-order valence-electron chi connectivity index (χ1n) is 5.76. The topological polar surface area (TPSA) is 111 Å². The lowest BCUT2D eigenvalue weighted by Crippen LogP contribution is -2.16. The number of rotatable bonds is 3. The molecule has 0 bridgehead atoms. The fourth-order valence-electron chi connectivity index (χ4n) is 1.69. The fourth-order valence-corrected chi connectivity index (χ4v) is 1.69. The molecule has 1 amide bonds.